The van der Waals surface area contributed by atoms with E-state index in [1.54, 1.807) is 0 Å². The number of aromatic nitrogens is 1. The Morgan fingerprint density at radius 1 is 1.57 bits per heavy atom. The van der Waals surface area contributed by atoms with E-state index in [1.165, 1.54) is 0 Å². The molecule has 0 aliphatic heterocycles. The highest BCUT2D eigenvalue weighted by atomic mass is 35.5. The quantitative estimate of drug-likeness (QED) is 0.745. The van der Waals surface area contributed by atoms with Crippen molar-refractivity contribution in [3.63, 3.8) is 0 Å². The molecule has 1 unspecified atom stereocenters. The van der Waals surface area contributed by atoms with Crippen LogP contribution in [0.2, 0.25) is 5.15 Å². The van der Waals surface area contributed by atoms with Gasteiger partial charge in [-0.3, -0.25) is 0 Å². The lowest BCUT2D eigenvalue weighted by Crippen LogP contribution is -2.36. The predicted molar refractivity (Wildman–Crippen MR) is 57.5 cm³/mol. The summed E-state index contributed by atoms with van der Waals surface area (Å²) in [5, 5.41) is 9.69. The summed E-state index contributed by atoms with van der Waals surface area (Å²) in [4.78, 5) is 4.13. The zero-order valence-electron chi connectivity index (χ0n) is 8.42. The van der Waals surface area contributed by atoms with Crippen LogP contribution in [-0.2, 0) is 5.41 Å². The van der Waals surface area contributed by atoms with Gasteiger partial charge in [0.15, 0.2) is 0 Å². The molecule has 0 saturated carbocycles. The number of aliphatic hydroxyl groups is 1. The van der Waals surface area contributed by atoms with Crippen molar-refractivity contribution in [3.05, 3.63) is 28.5 Å². The minimum atomic E-state index is -0.502. The van der Waals surface area contributed by atoms with Gasteiger partial charge in [-0.1, -0.05) is 24.6 Å². The normalized spacial score (nSPS) is 15.2. The summed E-state index contributed by atoms with van der Waals surface area (Å²) in [7, 11) is 0. The van der Waals surface area contributed by atoms with E-state index in [0.717, 1.165) is 11.3 Å². The van der Waals surface area contributed by atoms with Gasteiger partial charge in [0.2, 0.25) is 0 Å². The minimum absolute atomic E-state index is 0.0338. The fraction of sp³-hybridized carbons (Fsp3) is 0.500. The Balaban J connectivity index is 3.17. The van der Waals surface area contributed by atoms with Crippen LogP contribution in [0.5, 0.6) is 0 Å². The van der Waals surface area contributed by atoms with Gasteiger partial charge in [-0.25, -0.2) is 4.98 Å². The number of rotatable bonds is 3. The van der Waals surface area contributed by atoms with Crippen molar-refractivity contribution in [3.8, 4) is 0 Å². The summed E-state index contributed by atoms with van der Waals surface area (Å²) in [5.41, 5.74) is 6.77. The molecule has 3 N–H and O–H groups in total. The van der Waals surface area contributed by atoms with Gasteiger partial charge < -0.3 is 10.8 Å². The van der Waals surface area contributed by atoms with Crippen LogP contribution >= 0.6 is 11.6 Å². The molecule has 0 bridgehead atoms. The lowest BCUT2D eigenvalue weighted by Gasteiger charge is -2.26. The predicted octanol–water partition coefficient (Wildman–Crippen LogP) is 1.25. The first-order valence-electron chi connectivity index (χ1n) is 4.48. The van der Waals surface area contributed by atoms with Crippen molar-refractivity contribution in [1.29, 1.82) is 0 Å². The van der Waals surface area contributed by atoms with Crippen LogP contribution < -0.4 is 5.73 Å². The lowest BCUT2D eigenvalue weighted by atomic mass is 9.84. The van der Waals surface area contributed by atoms with Gasteiger partial charge in [-0.05, 0) is 18.6 Å². The molecule has 4 heteroatoms. The lowest BCUT2D eigenvalue weighted by molar-refractivity contribution is 0.210. The van der Waals surface area contributed by atoms with Crippen molar-refractivity contribution in [1.82, 2.24) is 4.98 Å². The van der Waals surface area contributed by atoms with E-state index in [2.05, 4.69) is 4.98 Å². The molecule has 0 aliphatic carbocycles. The van der Waals surface area contributed by atoms with Crippen LogP contribution in [0.3, 0.4) is 0 Å². The van der Waals surface area contributed by atoms with Crippen LogP contribution in [0.1, 0.15) is 18.2 Å². The maximum Gasteiger partial charge on any atom is 0.133 e. The summed E-state index contributed by atoms with van der Waals surface area (Å²) in [6, 6.07) is 3.73. The Kier molecular flexibility index (Phi) is 3.48. The van der Waals surface area contributed by atoms with E-state index in [0.29, 0.717) is 11.7 Å². The highest BCUT2D eigenvalue weighted by Crippen LogP contribution is 2.27. The monoisotopic (exact) mass is 214 g/mol. The Labute approximate surface area is 88.9 Å². The molecule has 0 radical (unpaired) electrons. The van der Waals surface area contributed by atoms with Crippen LogP contribution in [0.4, 0.5) is 0 Å². The van der Waals surface area contributed by atoms with E-state index < -0.39 is 5.41 Å². The summed E-state index contributed by atoms with van der Waals surface area (Å²) in [5.74, 6) is 0. The first-order chi connectivity index (χ1) is 6.53. The molecule has 0 spiro atoms. The average molecular weight is 215 g/mol. The van der Waals surface area contributed by atoms with Crippen molar-refractivity contribution in [2.45, 2.75) is 19.3 Å². The first-order valence-corrected chi connectivity index (χ1v) is 4.86. The molecule has 0 saturated heterocycles. The van der Waals surface area contributed by atoms with Gasteiger partial charge in [0.1, 0.15) is 5.15 Å². The fourth-order valence-corrected chi connectivity index (χ4v) is 1.66. The van der Waals surface area contributed by atoms with Crippen LogP contribution in [0, 0.1) is 6.92 Å². The molecule has 1 aromatic rings. The molecule has 0 amide bonds. The molecular formula is C10H15ClN2O. The Hall–Kier alpha value is -0.640. The summed E-state index contributed by atoms with van der Waals surface area (Å²) >= 11 is 5.99. The number of pyridine rings is 1. The third-order valence-corrected chi connectivity index (χ3v) is 2.73. The zero-order valence-corrected chi connectivity index (χ0v) is 9.17. The second-order valence-corrected chi connectivity index (χ2v) is 4.07. The summed E-state index contributed by atoms with van der Waals surface area (Å²) in [6.07, 6.45) is 0. The Bertz CT molecular complexity index is 324. The van der Waals surface area contributed by atoms with Gasteiger partial charge in [0, 0.05) is 17.7 Å². The maximum atomic E-state index is 9.27. The first kappa shape index (κ1) is 11.4. The highest BCUT2D eigenvalue weighted by Gasteiger charge is 2.27. The average Bonchev–Trinajstić information content (AvgIpc) is 2.17. The second kappa shape index (κ2) is 4.26. The summed E-state index contributed by atoms with van der Waals surface area (Å²) in [6.45, 7) is 4.04. The molecular weight excluding hydrogens is 200 g/mol. The fourth-order valence-electron chi connectivity index (χ4n) is 1.23. The number of hydrogen-bond donors (Lipinski definition) is 2. The number of hydrogen-bond acceptors (Lipinski definition) is 3. The van der Waals surface area contributed by atoms with Crippen LogP contribution in [-0.4, -0.2) is 23.2 Å². The molecule has 3 nitrogen and oxygen atoms in total. The third-order valence-electron chi connectivity index (χ3n) is 2.44. The zero-order chi connectivity index (χ0) is 10.8. The van der Waals surface area contributed by atoms with Gasteiger partial charge >= 0.3 is 0 Å². The largest absolute Gasteiger partial charge is 0.395 e. The van der Waals surface area contributed by atoms with Gasteiger partial charge in [0.25, 0.3) is 0 Å². The highest BCUT2D eigenvalue weighted by molar-refractivity contribution is 6.30. The van der Waals surface area contributed by atoms with Crippen LogP contribution in [0.25, 0.3) is 0 Å². The van der Waals surface area contributed by atoms with E-state index in [1.807, 2.05) is 26.0 Å². The van der Waals surface area contributed by atoms with Gasteiger partial charge in [-0.2, -0.15) is 0 Å². The molecule has 1 heterocycles. The summed E-state index contributed by atoms with van der Waals surface area (Å²) < 4.78 is 0. The SMILES string of the molecule is Cc1ccc(C(C)(CN)CO)c(Cl)n1. The van der Waals surface area contributed by atoms with Crippen molar-refractivity contribution in [2.75, 3.05) is 13.2 Å². The minimum Gasteiger partial charge on any atom is -0.395 e. The molecule has 1 aromatic heterocycles. The number of aryl methyl sites for hydroxylation is 1. The molecule has 1 atom stereocenters. The number of nitrogens with two attached hydrogens (primary N) is 1. The van der Waals surface area contributed by atoms with Gasteiger partial charge in [0.05, 0.1) is 6.61 Å². The molecule has 0 aliphatic rings. The van der Waals surface area contributed by atoms with Crippen molar-refractivity contribution >= 4 is 11.6 Å². The maximum absolute atomic E-state index is 9.27. The van der Waals surface area contributed by atoms with Crippen LogP contribution in [0.15, 0.2) is 12.1 Å². The Morgan fingerprint density at radius 3 is 2.64 bits per heavy atom. The molecule has 14 heavy (non-hydrogen) atoms. The topological polar surface area (TPSA) is 59.1 Å². The number of nitrogens with zero attached hydrogens (tertiary/aromatic N) is 1. The molecule has 0 aromatic carbocycles. The van der Waals surface area contributed by atoms with Crippen molar-refractivity contribution < 1.29 is 5.11 Å². The van der Waals surface area contributed by atoms with E-state index in [4.69, 9.17) is 17.3 Å². The Morgan fingerprint density at radius 2 is 2.21 bits per heavy atom. The van der Waals surface area contributed by atoms with E-state index in [9.17, 15) is 5.11 Å². The standard InChI is InChI=1S/C10H15ClN2O/c1-7-3-4-8(9(11)13-7)10(2,5-12)6-14/h3-4,14H,5-6,12H2,1-2H3. The number of aliphatic hydroxyl groups excluding tert-OH is 1. The molecule has 0 fully saturated rings. The van der Waals surface area contributed by atoms with E-state index in [-0.39, 0.29) is 6.61 Å². The molecule has 1 rings (SSSR count). The number of halogens is 1. The smallest absolute Gasteiger partial charge is 0.133 e. The second-order valence-electron chi connectivity index (χ2n) is 3.71. The van der Waals surface area contributed by atoms with E-state index >= 15 is 0 Å². The molecule has 78 valence electrons. The third kappa shape index (κ3) is 2.05. The van der Waals surface area contributed by atoms with Gasteiger partial charge in [-0.15, -0.1) is 0 Å². The van der Waals surface area contributed by atoms with Crippen molar-refractivity contribution in [2.24, 2.45) is 5.73 Å².